The van der Waals surface area contributed by atoms with Crippen LogP contribution in [0, 0.1) is 0 Å². The van der Waals surface area contributed by atoms with Crippen molar-refractivity contribution in [2.75, 3.05) is 0 Å². The Morgan fingerprint density at radius 3 is 2.69 bits per heavy atom. The standard InChI is InChI=1S/C21H16BrCl2N3OS/c22-20-18(26-21(29-20)14-4-2-1-3-5-14)12-28-19(11-27-9-8-25-13-27)16-7-6-15(23)10-17(16)24/h1-10,13,19H,11-12H2. The Balaban J connectivity index is 1.56. The Hall–Kier alpha value is -1.70. The fourth-order valence-corrected chi connectivity index (χ4v) is 4.89. The zero-order valence-corrected chi connectivity index (χ0v) is 19.0. The molecule has 2 heterocycles. The number of thiazole rings is 1. The van der Waals surface area contributed by atoms with E-state index in [0.29, 0.717) is 23.2 Å². The van der Waals surface area contributed by atoms with E-state index < -0.39 is 0 Å². The van der Waals surface area contributed by atoms with E-state index in [1.807, 2.05) is 53.2 Å². The molecule has 0 aliphatic carbocycles. The minimum atomic E-state index is -0.275. The second-order valence-corrected chi connectivity index (χ2v) is 9.49. The molecule has 0 bridgehead atoms. The van der Waals surface area contributed by atoms with Crippen molar-refractivity contribution in [1.29, 1.82) is 0 Å². The average Bonchev–Trinajstić information content (AvgIpc) is 3.36. The van der Waals surface area contributed by atoms with Gasteiger partial charge < -0.3 is 9.30 Å². The number of ether oxygens (including phenoxy) is 1. The molecule has 0 N–H and O–H groups in total. The Bertz CT molecular complexity index is 1090. The molecule has 0 saturated carbocycles. The molecule has 4 nitrogen and oxygen atoms in total. The third-order valence-electron chi connectivity index (χ3n) is 4.34. The van der Waals surface area contributed by atoms with Gasteiger partial charge in [-0.1, -0.05) is 59.6 Å². The summed E-state index contributed by atoms with van der Waals surface area (Å²) < 4.78 is 9.19. The first-order valence-electron chi connectivity index (χ1n) is 8.83. The first kappa shape index (κ1) is 20.6. The van der Waals surface area contributed by atoms with Crippen LogP contribution in [-0.4, -0.2) is 14.5 Å². The highest BCUT2D eigenvalue weighted by Crippen LogP contribution is 2.34. The number of aromatic nitrogens is 3. The highest BCUT2D eigenvalue weighted by molar-refractivity contribution is 9.11. The maximum Gasteiger partial charge on any atom is 0.124 e. The van der Waals surface area contributed by atoms with Crippen molar-refractivity contribution in [3.05, 3.63) is 92.3 Å². The molecule has 8 heteroatoms. The van der Waals surface area contributed by atoms with Crippen molar-refractivity contribution in [2.24, 2.45) is 0 Å². The summed E-state index contributed by atoms with van der Waals surface area (Å²) in [7, 11) is 0. The summed E-state index contributed by atoms with van der Waals surface area (Å²) in [5, 5.41) is 2.12. The van der Waals surface area contributed by atoms with Crippen molar-refractivity contribution < 1.29 is 4.74 Å². The van der Waals surface area contributed by atoms with Gasteiger partial charge in [0.15, 0.2) is 0 Å². The molecule has 1 unspecified atom stereocenters. The first-order valence-corrected chi connectivity index (χ1v) is 11.2. The molecule has 0 amide bonds. The monoisotopic (exact) mass is 507 g/mol. The van der Waals surface area contributed by atoms with Gasteiger partial charge >= 0.3 is 0 Å². The number of nitrogens with zero attached hydrogens (tertiary/aromatic N) is 3. The number of halogens is 3. The van der Waals surface area contributed by atoms with Crippen LogP contribution in [0.15, 0.2) is 71.0 Å². The van der Waals surface area contributed by atoms with Crippen LogP contribution < -0.4 is 0 Å². The topological polar surface area (TPSA) is 39.9 Å². The second kappa shape index (κ2) is 9.41. The molecule has 0 aliphatic rings. The van der Waals surface area contributed by atoms with Crippen LogP contribution in [0.5, 0.6) is 0 Å². The number of hydrogen-bond donors (Lipinski definition) is 0. The van der Waals surface area contributed by atoms with Gasteiger partial charge in [-0.2, -0.15) is 0 Å². The summed E-state index contributed by atoms with van der Waals surface area (Å²) in [6, 6.07) is 15.5. The molecule has 0 fully saturated rings. The lowest BCUT2D eigenvalue weighted by atomic mass is 10.1. The fraction of sp³-hybridized carbons (Fsp3) is 0.143. The second-order valence-electron chi connectivity index (χ2n) is 6.33. The van der Waals surface area contributed by atoms with Gasteiger partial charge in [-0.3, -0.25) is 0 Å². The van der Waals surface area contributed by atoms with Crippen molar-refractivity contribution in [2.45, 2.75) is 19.3 Å². The van der Waals surface area contributed by atoms with Gasteiger partial charge in [0.2, 0.25) is 0 Å². The lowest BCUT2D eigenvalue weighted by Gasteiger charge is -2.20. The van der Waals surface area contributed by atoms with E-state index in [9.17, 15) is 0 Å². The van der Waals surface area contributed by atoms with Gasteiger partial charge in [-0.05, 0) is 28.1 Å². The molecule has 0 radical (unpaired) electrons. The largest absolute Gasteiger partial charge is 0.365 e. The molecule has 0 aliphatic heterocycles. The van der Waals surface area contributed by atoms with Crippen molar-refractivity contribution in [1.82, 2.24) is 14.5 Å². The maximum absolute atomic E-state index is 6.45. The van der Waals surface area contributed by atoms with E-state index in [-0.39, 0.29) is 6.10 Å². The van der Waals surface area contributed by atoms with Crippen molar-refractivity contribution >= 4 is 50.5 Å². The highest BCUT2D eigenvalue weighted by Gasteiger charge is 2.19. The van der Waals surface area contributed by atoms with E-state index in [4.69, 9.17) is 32.9 Å². The SMILES string of the molecule is Clc1ccc(C(Cn2ccnc2)OCc2nc(-c3ccccc3)sc2Br)c(Cl)c1. The van der Waals surface area contributed by atoms with Crippen LogP contribution in [0.25, 0.3) is 10.6 Å². The number of hydrogen-bond acceptors (Lipinski definition) is 4. The Labute approximate surface area is 191 Å². The predicted molar refractivity (Wildman–Crippen MR) is 121 cm³/mol. The summed E-state index contributed by atoms with van der Waals surface area (Å²) in [5.74, 6) is 0. The zero-order valence-electron chi connectivity index (χ0n) is 15.1. The van der Waals surface area contributed by atoms with Crippen LogP contribution in [0.1, 0.15) is 17.4 Å². The molecule has 29 heavy (non-hydrogen) atoms. The van der Waals surface area contributed by atoms with E-state index in [0.717, 1.165) is 25.6 Å². The Morgan fingerprint density at radius 2 is 1.97 bits per heavy atom. The quantitative estimate of drug-likeness (QED) is 0.269. The predicted octanol–water partition coefficient (Wildman–Crippen LogP) is 7.03. The minimum absolute atomic E-state index is 0.275. The Morgan fingerprint density at radius 1 is 1.14 bits per heavy atom. The summed E-state index contributed by atoms with van der Waals surface area (Å²) in [4.78, 5) is 8.86. The first-order chi connectivity index (χ1) is 14.1. The Kier molecular flexibility index (Phi) is 6.67. The van der Waals surface area contributed by atoms with Crippen molar-refractivity contribution in [3.63, 3.8) is 0 Å². The normalized spacial score (nSPS) is 12.2. The molecular formula is C21H16BrCl2N3OS. The molecule has 2 aromatic carbocycles. The molecule has 0 saturated heterocycles. The fourth-order valence-electron chi connectivity index (χ4n) is 2.90. The summed E-state index contributed by atoms with van der Waals surface area (Å²) >= 11 is 17.7. The average molecular weight is 509 g/mol. The van der Waals surface area contributed by atoms with Crippen LogP contribution >= 0.6 is 50.5 Å². The van der Waals surface area contributed by atoms with Crippen LogP contribution in [-0.2, 0) is 17.9 Å². The van der Waals surface area contributed by atoms with Crippen LogP contribution in [0.2, 0.25) is 10.0 Å². The van der Waals surface area contributed by atoms with Crippen LogP contribution in [0.3, 0.4) is 0 Å². The number of rotatable bonds is 7. The van der Waals surface area contributed by atoms with Gasteiger partial charge in [0.25, 0.3) is 0 Å². The van der Waals surface area contributed by atoms with Gasteiger partial charge in [-0.15, -0.1) is 11.3 Å². The molecular weight excluding hydrogens is 493 g/mol. The van der Waals surface area contributed by atoms with E-state index in [1.165, 1.54) is 0 Å². The van der Waals surface area contributed by atoms with Gasteiger partial charge in [-0.25, -0.2) is 9.97 Å². The summed E-state index contributed by atoms with van der Waals surface area (Å²) in [6.07, 6.45) is 5.12. The lowest BCUT2D eigenvalue weighted by Crippen LogP contribution is -2.13. The zero-order chi connectivity index (χ0) is 20.2. The molecule has 4 rings (SSSR count). The molecule has 0 spiro atoms. The number of imidazole rings is 1. The summed E-state index contributed by atoms with van der Waals surface area (Å²) in [6.45, 7) is 0.927. The van der Waals surface area contributed by atoms with E-state index >= 15 is 0 Å². The highest BCUT2D eigenvalue weighted by atomic mass is 79.9. The van der Waals surface area contributed by atoms with E-state index in [1.54, 1.807) is 29.9 Å². The lowest BCUT2D eigenvalue weighted by molar-refractivity contribution is 0.0262. The molecule has 4 aromatic rings. The molecule has 2 aromatic heterocycles. The third kappa shape index (κ3) is 5.08. The third-order valence-corrected chi connectivity index (χ3v) is 6.78. The molecule has 148 valence electrons. The number of benzene rings is 2. The smallest absolute Gasteiger partial charge is 0.124 e. The van der Waals surface area contributed by atoms with Gasteiger partial charge in [0.1, 0.15) is 11.1 Å². The minimum Gasteiger partial charge on any atom is -0.365 e. The van der Waals surface area contributed by atoms with Crippen LogP contribution in [0.4, 0.5) is 0 Å². The molecule has 1 atom stereocenters. The van der Waals surface area contributed by atoms with Gasteiger partial charge in [0, 0.05) is 33.6 Å². The van der Waals surface area contributed by atoms with E-state index in [2.05, 4.69) is 20.9 Å². The maximum atomic E-state index is 6.45. The summed E-state index contributed by atoms with van der Waals surface area (Å²) in [5.41, 5.74) is 2.81. The van der Waals surface area contributed by atoms with Gasteiger partial charge in [0.05, 0.1) is 29.0 Å². The van der Waals surface area contributed by atoms with Crippen molar-refractivity contribution in [3.8, 4) is 10.6 Å².